The van der Waals surface area contributed by atoms with Gasteiger partial charge in [0.25, 0.3) is 0 Å². The molecule has 2 unspecified atom stereocenters. The van der Waals surface area contributed by atoms with Crippen LogP contribution in [0, 0.1) is 11.8 Å². The van der Waals surface area contributed by atoms with Gasteiger partial charge in [-0.2, -0.15) is 0 Å². The number of esters is 2. The van der Waals surface area contributed by atoms with Crippen molar-refractivity contribution in [2.45, 2.75) is 195 Å². The van der Waals surface area contributed by atoms with E-state index < -0.39 is 0 Å². The van der Waals surface area contributed by atoms with Crippen molar-refractivity contribution in [2.75, 3.05) is 13.2 Å². The minimum absolute atomic E-state index is 0.0142. The molecule has 0 spiro atoms. The van der Waals surface area contributed by atoms with E-state index in [1.807, 2.05) is 6.92 Å². The van der Waals surface area contributed by atoms with Gasteiger partial charge in [0.05, 0.1) is 19.1 Å². The molecule has 0 bridgehead atoms. The molecule has 0 aliphatic heterocycles. The Bertz CT molecular complexity index is 683. The second kappa shape index (κ2) is 34.3. The van der Waals surface area contributed by atoms with Crippen LogP contribution in [0.3, 0.4) is 0 Å². The highest BCUT2D eigenvalue weighted by Crippen LogP contribution is 2.21. The molecular formula is C40H74O4. The molecule has 0 fully saturated rings. The van der Waals surface area contributed by atoms with Gasteiger partial charge in [0.15, 0.2) is 0 Å². The zero-order chi connectivity index (χ0) is 32.4. The lowest BCUT2D eigenvalue weighted by atomic mass is 9.94. The first-order valence-electron chi connectivity index (χ1n) is 19.2. The SMILES string of the molecule is CCCCCC=CCC=CCCCCCCCC(=O)OCC(C)COC(=O)C(CCCCCCC)CCCCCCCCC. The molecule has 0 radical (unpaired) electrons. The molecule has 44 heavy (non-hydrogen) atoms. The van der Waals surface area contributed by atoms with Gasteiger partial charge in [-0.15, -0.1) is 0 Å². The van der Waals surface area contributed by atoms with Crippen molar-refractivity contribution in [1.29, 1.82) is 0 Å². The normalized spacial score (nSPS) is 13.1. The molecule has 0 saturated heterocycles. The smallest absolute Gasteiger partial charge is 0.308 e. The summed E-state index contributed by atoms with van der Waals surface area (Å²) < 4.78 is 11.2. The van der Waals surface area contributed by atoms with E-state index in [1.54, 1.807) is 0 Å². The van der Waals surface area contributed by atoms with Crippen LogP contribution in [0.15, 0.2) is 24.3 Å². The molecule has 0 rings (SSSR count). The summed E-state index contributed by atoms with van der Waals surface area (Å²) in [6.45, 7) is 9.38. The Kier molecular flexibility index (Phi) is 33.1. The highest BCUT2D eigenvalue weighted by atomic mass is 16.5. The molecule has 4 nitrogen and oxygen atoms in total. The van der Waals surface area contributed by atoms with Crippen molar-refractivity contribution in [1.82, 2.24) is 0 Å². The summed E-state index contributed by atoms with van der Waals surface area (Å²) in [6, 6.07) is 0. The number of unbranched alkanes of at least 4 members (excludes halogenated alkanes) is 18. The Balaban J connectivity index is 4.00. The third-order valence-corrected chi connectivity index (χ3v) is 8.52. The van der Waals surface area contributed by atoms with Crippen LogP contribution in [0.5, 0.6) is 0 Å². The molecule has 258 valence electrons. The Labute approximate surface area is 274 Å². The predicted molar refractivity (Wildman–Crippen MR) is 190 cm³/mol. The Morgan fingerprint density at radius 2 is 0.955 bits per heavy atom. The van der Waals surface area contributed by atoms with Crippen molar-refractivity contribution in [3.05, 3.63) is 24.3 Å². The number of allylic oxidation sites excluding steroid dienone is 4. The quantitative estimate of drug-likeness (QED) is 0.0417. The molecule has 2 atom stereocenters. The number of carbonyl (C=O) groups excluding carboxylic acids is 2. The van der Waals surface area contributed by atoms with Gasteiger partial charge in [-0.05, 0) is 51.4 Å². The molecule has 0 aromatic carbocycles. The van der Waals surface area contributed by atoms with Crippen LogP contribution in [0.4, 0.5) is 0 Å². The van der Waals surface area contributed by atoms with Crippen LogP contribution in [-0.4, -0.2) is 25.2 Å². The third-order valence-electron chi connectivity index (χ3n) is 8.52. The number of hydrogen-bond acceptors (Lipinski definition) is 4. The largest absolute Gasteiger partial charge is 0.465 e. The fourth-order valence-electron chi connectivity index (χ4n) is 5.50. The average molecular weight is 619 g/mol. The molecule has 0 N–H and O–H groups in total. The van der Waals surface area contributed by atoms with Gasteiger partial charge in [0.2, 0.25) is 0 Å². The summed E-state index contributed by atoms with van der Waals surface area (Å²) in [5.41, 5.74) is 0. The second-order valence-electron chi connectivity index (χ2n) is 13.2. The third kappa shape index (κ3) is 30.4. The summed E-state index contributed by atoms with van der Waals surface area (Å²) in [5.74, 6) is -0.135. The van der Waals surface area contributed by atoms with Gasteiger partial charge >= 0.3 is 11.9 Å². The Morgan fingerprint density at radius 1 is 0.523 bits per heavy atom. The maximum atomic E-state index is 12.9. The number of hydrogen-bond donors (Lipinski definition) is 0. The van der Waals surface area contributed by atoms with E-state index in [4.69, 9.17) is 9.47 Å². The highest BCUT2D eigenvalue weighted by Gasteiger charge is 2.20. The first-order valence-corrected chi connectivity index (χ1v) is 19.2. The summed E-state index contributed by atoms with van der Waals surface area (Å²) in [7, 11) is 0. The predicted octanol–water partition coefficient (Wildman–Crippen LogP) is 12.6. The van der Waals surface area contributed by atoms with Crippen LogP contribution < -0.4 is 0 Å². The lowest BCUT2D eigenvalue weighted by Crippen LogP contribution is -2.23. The molecule has 0 aliphatic carbocycles. The molecule has 0 aliphatic rings. The van der Waals surface area contributed by atoms with Gasteiger partial charge in [0.1, 0.15) is 0 Å². The molecule has 0 saturated carbocycles. The fourth-order valence-corrected chi connectivity index (χ4v) is 5.50. The van der Waals surface area contributed by atoms with Crippen molar-refractivity contribution < 1.29 is 19.1 Å². The minimum Gasteiger partial charge on any atom is -0.465 e. The van der Waals surface area contributed by atoms with Gasteiger partial charge in [-0.25, -0.2) is 0 Å². The van der Waals surface area contributed by atoms with Gasteiger partial charge in [-0.1, -0.05) is 161 Å². The van der Waals surface area contributed by atoms with Gasteiger partial charge < -0.3 is 9.47 Å². The van der Waals surface area contributed by atoms with Crippen molar-refractivity contribution >= 4 is 11.9 Å². The van der Waals surface area contributed by atoms with Crippen molar-refractivity contribution in [3.8, 4) is 0 Å². The maximum absolute atomic E-state index is 12.9. The fraction of sp³-hybridized carbons (Fsp3) is 0.850. The van der Waals surface area contributed by atoms with Crippen molar-refractivity contribution in [2.24, 2.45) is 11.8 Å². The number of rotatable bonds is 33. The molecule has 4 heteroatoms. The van der Waals surface area contributed by atoms with Gasteiger partial charge in [-0.3, -0.25) is 9.59 Å². The van der Waals surface area contributed by atoms with Crippen molar-refractivity contribution in [3.63, 3.8) is 0 Å². The second-order valence-corrected chi connectivity index (χ2v) is 13.2. The van der Waals surface area contributed by atoms with E-state index >= 15 is 0 Å². The Hall–Kier alpha value is -1.58. The van der Waals surface area contributed by atoms with E-state index in [2.05, 4.69) is 45.1 Å². The summed E-state index contributed by atoms with van der Waals surface area (Å²) in [5, 5.41) is 0. The molecule has 0 heterocycles. The summed E-state index contributed by atoms with van der Waals surface area (Å²) in [4.78, 5) is 25.1. The molecular weight excluding hydrogens is 544 g/mol. The summed E-state index contributed by atoms with van der Waals surface area (Å²) >= 11 is 0. The van der Waals surface area contributed by atoms with E-state index in [-0.39, 0.29) is 23.8 Å². The van der Waals surface area contributed by atoms with Crippen LogP contribution in [0.25, 0.3) is 0 Å². The topological polar surface area (TPSA) is 52.6 Å². The van der Waals surface area contributed by atoms with E-state index in [0.29, 0.717) is 19.6 Å². The van der Waals surface area contributed by atoms with E-state index in [9.17, 15) is 9.59 Å². The molecule has 0 aromatic rings. The summed E-state index contributed by atoms with van der Waals surface area (Å²) in [6.07, 6.45) is 39.4. The van der Waals surface area contributed by atoms with Crippen LogP contribution >= 0.6 is 0 Å². The van der Waals surface area contributed by atoms with Gasteiger partial charge in [0, 0.05) is 12.3 Å². The standard InChI is InChI=1S/C40H74O4/c1-5-8-11-14-16-17-18-19-20-21-22-23-25-28-31-34-39(41)43-35-37(4)36-44-40(42)38(32-29-26-13-10-7-3)33-30-27-24-15-12-9-6-2/h16-17,19-20,37-38H,5-15,18,21-36H2,1-4H3. The van der Waals surface area contributed by atoms with Crippen LogP contribution in [0.2, 0.25) is 0 Å². The first-order chi connectivity index (χ1) is 21.5. The first kappa shape index (κ1) is 42.4. The maximum Gasteiger partial charge on any atom is 0.308 e. The minimum atomic E-state index is -0.127. The highest BCUT2D eigenvalue weighted by molar-refractivity contribution is 5.72. The van der Waals surface area contributed by atoms with Crippen LogP contribution in [0.1, 0.15) is 195 Å². The van der Waals surface area contributed by atoms with E-state index in [0.717, 1.165) is 51.4 Å². The molecule has 0 amide bonds. The van der Waals surface area contributed by atoms with E-state index in [1.165, 1.54) is 109 Å². The average Bonchev–Trinajstić information content (AvgIpc) is 3.02. The number of ether oxygens (including phenoxy) is 2. The zero-order valence-electron chi connectivity index (χ0n) is 29.9. The van der Waals surface area contributed by atoms with Crippen LogP contribution in [-0.2, 0) is 19.1 Å². The molecule has 0 aromatic heterocycles. The Morgan fingerprint density at radius 3 is 1.52 bits per heavy atom. The monoisotopic (exact) mass is 619 g/mol. The lowest BCUT2D eigenvalue weighted by molar-refractivity contribution is -0.152. The lowest BCUT2D eigenvalue weighted by Gasteiger charge is -2.18. The zero-order valence-corrected chi connectivity index (χ0v) is 29.9. The number of carbonyl (C=O) groups is 2.